The molecule has 10 aromatic rings. The minimum absolute atomic E-state index is 0. The maximum Gasteiger partial charge on any atom is 2.00 e. The van der Waals surface area contributed by atoms with Gasteiger partial charge in [0, 0.05) is 54.2 Å². The molecule has 48 heavy (non-hydrogen) atoms. The Balaban J connectivity index is 0.00000314. The molecule has 0 spiro atoms. The predicted octanol–water partition coefficient (Wildman–Crippen LogP) is 9.11. The first-order valence-electron chi connectivity index (χ1n) is 15.3. The largest absolute Gasteiger partial charge is 2.00 e. The van der Waals surface area contributed by atoms with Crippen LogP contribution in [0.5, 0.6) is 11.5 Å². The van der Waals surface area contributed by atoms with E-state index in [2.05, 4.69) is 110 Å². The van der Waals surface area contributed by atoms with Crippen LogP contribution in [0.4, 0.5) is 0 Å². The van der Waals surface area contributed by atoms with Gasteiger partial charge in [-0.15, -0.1) is 12.1 Å². The van der Waals surface area contributed by atoms with E-state index in [0.29, 0.717) is 11.5 Å². The summed E-state index contributed by atoms with van der Waals surface area (Å²) < 4.78 is 10.5. The molecule has 0 aliphatic carbocycles. The molecule has 10 rings (SSSR count). The molecule has 0 radical (unpaired) electrons. The second-order valence-electron chi connectivity index (χ2n) is 11.4. The van der Waals surface area contributed by atoms with E-state index in [1.54, 1.807) is 18.6 Å². The summed E-state index contributed by atoms with van der Waals surface area (Å²) in [7, 11) is 0. The Labute approximate surface area is 288 Å². The van der Waals surface area contributed by atoms with E-state index in [-0.39, 0.29) is 21.1 Å². The van der Waals surface area contributed by atoms with E-state index in [1.807, 2.05) is 41.2 Å². The molecular formula is C40H22N6OPt. The molecule has 5 heterocycles. The van der Waals surface area contributed by atoms with Gasteiger partial charge in [-0.2, -0.15) is 0 Å². The first-order valence-corrected chi connectivity index (χ1v) is 15.3. The van der Waals surface area contributed by atoms with Crippen molar-refractivity contribution < 1.29 is 25.8 Å². The molecule has 7 nitrogen and oxygen atoms in total. The number of hydrogen-bond donors (Lipinski definition) is 0. The molecule has 0 amide bonds. The average Bonchev–Trinajstić information content (AvgIpc) is 3.84. The van der Waals surface area contributed by atoms with Gasteiger partial charge in [-0.05, 0) is 33.7 Å². The standard InChI is InChI=1S/C40H22N6O.Pt/c1-3-7-25(8-4-1)29-15-16-34-36(35(29)26-9-5-2-6-10-26)30-13-11-27(23-32(30)38-43-19-21-45(34)38)47-28-12-14-31-33(24-28)39-44-20-22-46(39)40-37(31)41-17-18-42-40;/h1-22H;/q-2;+2. The Bertz CT molecular complexity index is 2830. The van der Waals surface area contributed by atoms with Crippen LogP contribution >= 0.6 is 0 Å². The van der Waals surface area contributed by atoms with E-state index >= 15 is 0 Å². The Morgan fingerprint density at radius 1 is 0.521 bits per heavy atom. The maximum absolute atomic E-state index is 6.46. The van der Waals surface area contributed by atoms with E-state index in [9.17, 15) is 0 Å². The predicted molar refractivity (Wildman–Crippen MR) is 185 cm³/mol. The van der Waals surface area contributed by atoms with Crippen LogP contribution < -0.4 is 4.74 Å². The minimum atomic E-state index is 0. The zero-order valence-corrected chi connectivity index (χ0v) is 27.4. The van der Waals surface area contributed by atoms with Crippen LogP contribution in [0.15, 0.2) is 134 Å². The zero-order chi connectivity index (χ0) is 30.9. The van der Waals surface area contributed by atoms with Crippen LogP contribution in [0.25, 0.3) is 77.2 Å². The summed E-state index contributed by atoms with van der Waals surface area (Å²) in [6.07, 6.45) is 10.9. The Kier molecular flexibility index (Phi) is 6.56. The van der Waals surface area contributed by atoms with Gasteiger partial charge in [0.25, 0.3) is 0 Å². The Hall–Kier alpha value is -5.91. The Morgan fingerprint density at radius 2 is 1.12 bits per heavy atom. The summed E-state index contributed by atoms with van der Waals surface area (Å²) >= 11 is 0. The van der Waals surface area contributed by atoms with Gasteiger partial charge in [0.1, 0.15) is 5.65 Å². The molecule has 5 aromatic heterocycles. The summed E-state index contributed by atoms with van der Waals surface area (Å²) in [6, 6.07) is 40.5. The van der Waals surface area contributed by atoms with Crippen LogP contribution in [-0.4, -0.2) is 28.7 Å². The van der Waals surface area contributed by atoms with Crippen molar-refractivity contribution in [2.45, 2.75) is 0 Å². The Morgan fingerprint density at radius 3 is 1.88 bits per heavy atom. The van der Waals surface area contributed by atoms with Crippen LogP contribution in [0.3, 0.4) is 0 Å². The number of hydrogen-bond acceptors (Lipinski definition) is 5. The number of imidazole rings is 2. The van der Waals surface area contributed by atoms with Crippen molar-refractivity contribution in [3.05, 3.63) is 146 Å². The van der Waals surface area contributed by atoms with Crippen molar-refractivity contribution >= 4 is 54.9 Å². The summed E-state index contributed by atoms with van der Waals surface area (Å²) in [6.45, 7) is 0. The molecule has 0 unspecified atom stereocenters. The van der Waals surface area contributed by atoms with Gasteiger partial charge in [0.15, 0.2) is 0 Å². The quantitative estimate of drug-likeness (QED) is 0.131. The normalized spacial score (nSPS) is 11.6. The topological polar surface area (TPSA) is 69.6 Å². The van der Waals surface area contributed by atoms with E-state index in [4.69, 9.17) is 9.72 Å². The third-order valence-electron chi connectivity index (χ3n) is 8.81. The fourth-order valence-corrected chi connectivity index (χ4v) is 6.81. The molecule has 0 saturated heterocycles. The van der Waals surface area contributed by atoms with Gasteiger partial charge in [-0.3, -0.25) is 15.0 Å². The molecule has 0 fully saturated rings. The molecule has 0 atom stereocenters. The van der Waals surface area contributed by atoms with E-state index < -0.39 is 0 Å². The van der Waals surface area contributed by atoms with Crippen molar-refractivity contribution in [2.75, 3.05) is 0 Å². The first kappa shape index (κ1) is 28.3. The van der Waals surface area contributed by atoms with Gasteiger partial charge < -0.3 is 13.5 Å². The molecule has 228 valence electrons. The van der Waals surface area contributed by atoms with Crippen molar-refractivity contribution in [3.63, 3.8) is 0 Å². The second kappa shape index (κ2) is 11.1. The molecule has 0 N–H and O–H groups in total. The smallest absolute Gasteiger partial charge is 0.497 e. The number of ether oxygens (including phenoxy) is 1. The maximum atomic E-state index is 6.46. The third kappa shape index (κ3) is 4.25. The molecule has 8 heteroatoms. The van der Waals surface area contributed by atoms with Gasteiger partial charge in [-0.25, -0.2) is 4.98 Å². The van der Waals surface area contributed by atoms with Gasteiger partial charge >= 0.3 is 21.1 Å². The molecule has 0 aliphatic heterocycles. The molecule has 0 bridgehead atoms. The number of fused-ring (bicyclic) bond motifs is 12. The van der Waals surface area contributed by atoms with Gasteiger partial charge in [0.2, 0.25) is 0 Å². The molecule has 0 aliphatic rings. The fourth-order valence-electron chi connectivity index (χ4n) is 6.81. The average molecular weight is 798 g/mol. The molecule has 5 aromatic carbocycles. The first-order chi connectivity index (χ1) is 23.3. The second-order valence-corrected chi connectivity index (χ2v) is 11.4. The summed E-state index contributed by atoms with van der Waals surface area (Å²) in [5, 5.41) is 4.78. The van der Waals surface area contributed by atoms with E-state index in [1.165, 1.54) is 11.1 Å². The van der Waals surface area contributed by atoms with Crippen LogP contribution in [0.2, 0.25) is 0 Å². The van der Waals surface area contributed by atoms with Crippen molar-refractivity contribution in [2.24, 2.45) is 0 Å². The fraction of sp³-hybridized carbons (Fsp3) is 0. The number of nitrogens with zero attached hydrogens (tertiary/aromatic N) is 6. The molecular weight excluding hydrogens is 776 g/mol. The third-order valence-corrected chi connectivity index (χ3v) is 8.81. The van der Waals surface area contributed by atoms with Crippen molar-refractivity contribution in [1.29, 1.82) is 0 Å². The summed E-state index contributed by atoms with van der Waals surface area (Å²) in [4.78, 5) is 18.5. The number of rotatable bonds is 4. The van der Waals surface area contributed by atoms with Crippen molar-refractivity contribution in [1.82, 2.24) is 28.7 Å². The summed E-state index contributed by atoms with van der Waals surface area (Å²) in [5.74, 6) is 1.12. The summed E-state index contributed by atoms with van der Waals surface area (Å²) in [5.41, 5.74) is 8.80. The van der Waals surface area contributed by atoms with Crippen LogP contribution in [0, 0.1) is 12.1 Å². The van der Waals surface area contributed by atoms with E-state index in [0.717, 1.165) is 66.0 Å². The zero-order valence-electron chi connectivity index (χ0n) is 25.1. The van der Waals surface area contributed by atoms with Crippen LogP contribution in [0.1, 0.15) is 0 Å². The van der Waals surface area contributed by atoms with Gasteiger partial charge in [-0.1, -0.05) is 113 Å². The van der Waals surface area contributed by atoms with Crippen LogP contribution in [-0.2, 0) is 21.1 Å². The van der Waals surface area contributed by atoms with Gasteiger partial charge in [0.05, 0.1) is 16.8 Å². The molecule has 0 saturated carbocycles. The number of pyridine rings is 2. The van der Waals surface area contributed by atoms with Crippen molar-refractivity contribution in [3.8, 4) is 33.8 Å². The minimum Gasteiger partial charge on any atom is -0.497 e. The monoisotopic (exact) mass is 797 g/mol. The SMILES string of the molecule is [Pt+2].[c-]1c(Oc2[c-]c3c(cc2)c2nccnc2n2ccnc32)ccc2c1c1nccn1c1ccc(-c3ccccc3)c(-c3ccccc3)c21. The number of benzene rings is 5. The number of aromatic nitrogens is 6.